The average Bonchev–Trinajstić information content (AvgIpc) is 3.04. The largest absolute Gasteiger partial charge is 0.350 e. The van der Waals surface area contributed by atoms with Crippen molar-refractivity contribution in [3.05, 3.63) is 36.0 Å². The molecule has 1 aromatic heterocycles. The zero-order valence-corrected chi connectivity index (χ0v) is 10.2. The molecule has 1 aromatic carbocycles. The smallest absolute Gasteiger partial charge is 0.0481 e. The molecule has 3 heteroatoms. The minimum atomic E-state index is 0. The summed E-state index contributed by atoms with van der Waals surface area (Å²) < 4.78 is 2.17. The minimum Gasteiger partial charge on any atom is -0.350 e. The second-order valence-corrected chi connectivity index (χ2v) is 4.58. The second kappa shape index (κ2) is 4.11. The standard InChI is InChI=1S/C13H16N2.ClH/c1-15-8-11(13(14)9-6-7-9)10-4-2-3-5-12(10)15;/h2-5,8-9,13H,6-7,14H2,1H3;1H/t13-;/m1./s1. The Hall–Kier alpha value is -0.990. The van der Waals surface area contributed by atoms with E-state index in [-0.39, 0.29) is 18.4 Å². The summed E-state index contributed by atoms with van der Waals surface area (Å²) in [6.07, 6.45) is 4.78. The molecule has 0 unspecified atom stereocenters. The van der Waals surface area contributed by atoms with Crippen LogP contribution >= 0.6 is 12.4 Å². The molecule has 1 aliphatic carbocycles. The van der Waals surface area contributed by atoms with E-state index in [2.05, 4.69) is 42.1 Å². The minimum absolute atomic E-state index is 0. The lowest BCUT2D eigenvalue weighted by Gasteiger charge is -2.08. The number of para-hydroxylation sites is 1. The van der Waals surface area contributed by atoms with E-state index in [1.165, 1.54) is 29.3 Å². The molecule has 86 valence electrons. The molecule has 3 rings (SSSR count). The Morgan fingerprint density at radius 2 is 2.00 bits per heavy atom. The lowest BCUT2D eigenvalue weighted by Crippen LogP contribution is -2.11. The fourth-order valence-corrected chi connectivity index (χ4v) is 2.35. The van der Waals surface area contributed by atoms with Crippen molar-refractivity contribution in [2.45, 2.75) is 18.9 Å². The van der Waals surface area contributed by atoms with E-state index in [9.17, 15) is 0 Å². The molecule has 0 aliphatic heterocycles. The van der Waals surface area contributed by atoms with Crippen molar-refractivity contribution in [3.8, 4) is 0 Å². The first-order valence-corrected chi connectivity index (χ1v) is 5.57. The highest BCUT2D eigenvalue weighted by molar-refractivity contribution is 5.85. The van der Waals surface area contributed by atoms with Crippen LogP contribution < -0.4 is 5.73 Å². The van der Waals surface area contributed by atoms with Gasteiger partial charge in [-0.2, -0.15) is 0 Å². The zero-order chi connectivity index (χ0) is 10.4. The molecular formula is C13H17ClN2. The molecule has 16 heavy (non-hydrogen) atoms. The van der Waals surface area contributed by atoms with Gasteiger partial charge in [-0.25, -0.2) is 0 Å². The van der Waals surface area contributed by atoms with Crippen LogP contribution in [0.1, 0.15) is 24.4 Å². The summed E-state index contributed by atoms with van der Waals surface area (Å²) in [6.45, 7) is 0. The van der Waals surface area contributed by atoms with Gasteiger partial charge in [0.15, 0.2) is 0 Å². The molecular weight excluding hydrogens is 220 g/mol. The molecule has 1 aliphatic rings. The number of hydrogen-bond acceptors (Lipinski definition) is 1. The van der Waals surface area contributed by atoms with Gasteiger partial charge in [0.2, 0.25) is 0 Å². The fourth-order valence-electron chi connectivity index (χ4n) is 2.35. The number of nitrogens with zero attached hydrogens (tertiary/aromatic N) is 1. The number of fused-ring (bicyclic) bond motifs is 1. The quantitative estimate of drug-likeness (QED) is 0.854. The zero-order valence-electron chi connectivity index (χ0n) is 9.39. The molecule has 2 aromatic rings. The van der Waals surface area contributed by atoms with Gasteiger partial charge in [-0.3, -0.25) is 0 Å². The molecule has 1 heterocycles. The summed E-state index contributed by atoms with van der Waals surface area (Å²) in [7, 11) is 2.09. The fraction of sp³-hybridized carbons (Fsp3) is 0.385. The Kier molecular flexibility index (Phi) is 2.96. The van der Waals surface area contributed by atoms with Crippen LogP contribution in [0, 0.1) is 5.92 Å². The highest BCUT2D eigenvalue weighted by Gasteiger charge is 2.31. The van der Waals surface area contributed by atoms with Crippen molar-refractivity contribution >= 4 is 23.3 Å². The lowest BCUT2D eigenvalue weighted by molar-refractivity contribution is 0.636. The maximum absolute atomic E-state index is 6.27. The van der Waals surface area contributed by atoms with Crippen molar-refractivity contribution in [1.29, 1.82) is 0 Å². The van der Waals surface area contributed by atoms with Crippen molar-refractivity contribution in [3.63, 3.8) is 0 Å². The third-order valence-corrected chi connectivity index (χ3v) is 3.42. The third-order valence-electron chi connectivity index (χ3n) is 3.42. The summed E-state index contributed by atoms with van der Waals surface area (Å²) >= 11 is 0. The van der Waals surface area contributed by atoms with Gasteiger partial charge in [-0.05, 0) is 30.4 Å². The number of nitrogens with two attached hydrogens (primary N) is 1. The molecule has 1 saturated carbocycles. The van der Waals surface area contributed by atoms with Crippen LogP contribution in [-0.2, 0) is 7.05 Å². The highest BCUT2D eigenvalue weighted by atomic mass is 35.5. The first kappa shape index (κ1) is 11.5. The monoisotopic (exact) mass is 236 g/mol. The van der Waals surface area contributed by atoms with Crippen LogP contribution in [0.25, 0.3) is 10.9 Å². The molecule has 1 atom stereocenters. The van der Waals surface area contributed by atoms with Gasteiger partial charge in [0, 0.05) is 30.2 Å². The third kappa shape index (κ3) is 1.72. The molecule has 2 nitrogen and oxygen atoms in total. The van der Waals surface area contributed by atoms with Crippen LogP contribution in [0.3, 0.4) is 0 Å². The molecule has 0 radical (unpaired) electrons. The molecule has 0 bridgehead atoms. The van der Waals surface area contributed by atoms with E-state index in [0.717, 1.165) is 5.92 Å². The molecule has 0 spiro atoms. The number of aryl methyl sites for hydroxylation is 1. The summed E-state index contributed by atoms with van der Waals surface area (Å²) in [5.74, 6) is 0.718. The van der Waals surface area contributed by atoms with Crippen molar-refractivity contribution < 1.29 is 0 Å². The van der Waals surface area contributed by atoms with Crippen molar-refractivity contribution in [2.24, 2.45) is 18.7 Å². The number of halogens is 1. The Morgan fingerprint density at radius 1 is 1.31 bits per heavy atom. The van der Waals surface area contributed by atoms with E-state index < -0.39 is 0 Å². The van der Waals surface area contributed by atoms with Gasteiger partial charge in [0.05, 0.1) is 0 Å². The number of hydrogen-bond donors (Lipinski definition) is 1. The van der Waals surface area contributed by atoms with Gasteiger partial charge in [-0.15, -0.1) is 12.4 Å². The summed E-state index contributed by atoms with van der Waals surface area (Å²) in [5, 5.41) is 1.32. The van der Waals surface area contributed by atoms with Crippen molar-refractivity contribution in [2.75, 3.05) is 0 Å². The van der Waals surface area contributed by atoms with Gasteiger partial charge >= 0.3 is 0 Å². The lowest BCUT2D eigenvalue weighted by atomic mass is 10.0. The highest BCUT2D eigenvalue weighted by Crippen LogP contribution is 2.41. The van der Waals surface area contributed by atoms with E-state index in [4.69, 9.17) is 5.73 Å². The topological polar surface area (TPSA) is 30.9 Å². The average molecular weight is 237 g/mol. The Balaban J connectivity index is 0.000000963. The Bertz CT molecular complexity index is 500. The predicted molar refractivity (Wildman–Crippen MR) is 69.8 cm³/mol. The van der Waals surface area contributed by atoms with Crippen LogP contribution in [0.2, 0.25) is 0 Å². The van der Waals surface area contributed by atoms with Gasteiger partial charge in [-0.1, -0.05) is 18.2 Å². The van der Waals surface area contributed by atoms with Crippen LogP contribution in [0.5, 0.6) is 0 Å². The molecule has 0 saturated heterocycles. The van der Waals surface area contributed by atoms with Crippen LogP contribution in [0.4, 0.5) is 0 Å². The van der Waals surface area contributed by atoms with Gasteiger partial charge in [0.25, 0.3) is 0 Å². The normalized spacial score (nSPS) is 17.1. The van der Waals surface area contributed by atoms with Crippen molar-refractivity contribution in [1.82, 2.24) is 4.57 Å². The van der Waals surface area contributed by atoms with Gasteiger partial charge in [0.1, 0.15) is 0 Å². The number of benzene rings is 1. The number of aromatic nitrogens is 1. The summed E-state index contributed by atoms with van der Waals surface area (Å²) in [6, 6.07) is 8.72. The molecule has 0 amide bonds. The first-order chi connectivity index (χ1) is 7.27. The number of rotatable bonds is 2. The Labute approximate surface area is 102 Å². The van der Waals surface area contributed by atoms with E-state index in [1.807, 2.05) is 0 Å². The summed E-state index contributed by atoms with van der Waals surface area (Å²) in [5.41, 5.74) is 8.86. The van der Waals surface area contributed by atoms with E-state index >= 15 is 0 Å². The Morgan fingerprint density at radius 3 is 2.69 bits per heavy atom. The SMILES string of the molecule is Cl.Cn1cc([C@H](N)C2CC2)c2ccccc21. The van der Waals surface area contributed by atoms with E-state index in [1.54, 1.807) is 0 Å². The van der Waals surface area contributed by atoms with Gasteiger partial charge < -0.3 is 10.3 Å². The van der Waals surface area contributed by atoms with Crippen LogP contribution in [-0.4, -0.2) is 4.57 Å². The second-order valence-electron chi connectivity index (χ2n) is 4.58. The summed E-state index contributed by atoms with van der Waals surface area (Å²) in [4.78, 5) is 0. The molecule has 1 fully saturated rings. The van der Waals surface area contributed by atoms with E-state index in [0.29, 0.717) is 0 Å². The maximum atomic E-state index is 6.27. The predicted octanol–water partition coefficient (Wildman–Crippen LogP) is 3.01. The molecule has 2 N–H and O–H groups in total. The first-order valence-electron chi connectivity index (χ1n) is 5.57. The van der Waals surface area contributed by atoms with Crippen LogP contribution in [0.15, 0.2) is 30.5 Å². The maximum Gasteiger partial charge on any atom is 0.0481 e.